The summed E-state index contributed by atoms with van der Waals surface area (Å²) >= 11 is 7.16. The number of rotatable bonds is 4. The number of hydrogen-bond acceptors (Lipinski definition) is 4. The van der Waals surface area contributed by atoms with Crippen LogP contribution in [-0.2, 0) is 16.4 Å². The van der Waals surface area contributed by atoms with Crippen LogP contribution in [0.1, 0.15) is 17.4 Å². The molecule has 0 aliphatic carbocycles. The van der Waals surface area contributed by atoms with Gasteiger partial charge in [0.05, 0.1) is 22.3 Å². The predicted molar refractivity (Wildman–Crippen MR) is 80.7 cm³/mol. The molecule has 0 amide bonds. The Hall–Kier alpha value is -1.55. The molecule has 0 aliphatic rings. The average molecular weight is 327 g/mol. The number of anilines is 1. The van der Waals surface area contributed by atoms with Gasteiger partial charge in [0.1, 0.15) is 4.21 Å². The first-order chi connectivity index (χ1) is 9.46. The maximum absolute atomic E-state index is 12.2. The van der Waals surface area contributed by atoms with Gasteiger partial charge >= 0.3 is 0 Å². The number of sulfonamides is 1. The predicted octanol–water partition coefficient (Wildman–Crippen LogP) is 3.64. The first-order valence-electron chi connectivity index (χ1n) is 5.77. The zero-order valence-electron chi connectivity index (χ0n) is 10.6. The van der Waals surface area contributed by atoms with Gasteiger partial charge in [-0.1, -0.05) is 18.5 Å². The number of thiophene rings is 1. The number of aryl methyl sites for hydroxylation is 1. The number of nitriles is 1. The molecule has 0 bridgehead atoms. The molecule has 0 saturated heterocycles. The fourth-order valence-electron chi connectivity index (χ4n) is 1.56. The fourth-order valence-corrected chi connectivity index (χ4v) is 4.15. The van der Waals surface area contributed by atoms with Crippen LogP contribution < -0.4 is 4.72 Å². The number of nitrogens with zero attached hydrogens (tertiary/aromatic N) is 1. The van der Waals surface area contributed by atoms with Gasteiger partial charge in [-0.2, -0.15) is 5.26 Å². The van der Waals surface area contributed by atoms with Gasteiger partial charge in [0, 0.05) is 4.88 Å². The van der Waals surface area contributed by atoms with Crippen molar-refractivity contribution >= 4 is 38.6 Å². The Morgan fingerprint density at radius 3 is 2.70 bits per heavy atom. The van der Waals surface area contributed by atoms with E-state index in [9.17, 15) is 8.42 Å². The highest BCUT2D eigenvalue weighted by Crippen LogP contribution is 2.28. The van der Waals surface area contributed by atoms with Crippen LogP contribution in [0.5, 0.6) is 0 Å². The van der Waals surface area contributed by atoms with Crippen LogP contribution in [0, 0.1) is 11.3 Å². The zero-order valence-corrected chi connectivity index (χ0v) is 12.9. The summed E-state index contributed by atoms with van der Waals surface area (Å²) in [5.74, 6) is 0. The molecule has 0 radical (unpaired) electrons. The molecule has 0 fully saturated rings. The Morgan fingerprint density at radius 2 is 2.10 bits per heavy atom. The van der Waals surface area contributed by atoms with Crippen LogP contribution in [0.3, 0.4) is 0 Å². The summed E-state index contributed by atoms with van der Waals surface area (Å²) in [5.41, 5.74) is 0.546. The largest absolute Gasteiger partial charge is 0.277 e. The van der Waals surface area contributed by atoms with E-state index in [2.05, 4.69) is 4.72 Å². The van der Waals surface area contributed by atoms with Crippen LogP contribution in [0.25, 0.3) is 0 Å². The molecule has 1 heterocycles. The monoisotopic (exact) mass is 326 g/mol. The lowest BCUT2D eigenvalue weighted by atomic mass is 10.2. The van der Waals surface area contributed by atoms with Crippen LogP contribution in [0.15, 0.2) is 34.5 Å². The topological polar surface area (TPSA) is 70.0 Å². The molecule has 0 saturated carbocycles. The molecule has 4 nitrogen and oxygen atoms in total. The van der Waals surface area contributed by atoms with E-state index in [1.54, 1.807) is 12.1 Å². The van der Waals surface area contributed by atoms with Gasteiger partial charge in [0.15, 0.2) is 0 Å². The number of benzene rings is 1. The number of nitrogens with one attached hydrogen (secondary N) is 1. The maximum atomic E-state index is 12.2. The summed E-state index contributed by atoms with van der Waals surface area (Å²) in [4.78, 5) is 0.988. The van der Waals surface area contributed by atoms with Crippen molar-refractivity contribution in [3.8, 4) is 6.07 Å². The van der Waals surface area contributed by atoms with Crippen molar-refractivity contribution in [2.45, 2.75) is 17.6 Å². The van der Waals surface area contributed by atoms with E-state index < -0.39 is 10.0 Å². The van der Waals surface area contributed by atoms with E-state index in [1.807, 2.05) is 13.0 Å². The molecule has 7 heteroatoms. The minimum atomic E-state index is -3.68. The summed E-state index contributed by atoms with van der Waals surface area (Å²) < 4.78 is 27.1. The van der Waals surface area contributed by atoms with Crippen molar-refractivity contribution in [2.24, 2.45) is 0 Å². The average Bonchev–Trinajstić information content (AvgIpc) is 2.91. The van der Waals surface area contributed by atoms with Crippen molar-refractivity contribution in [1.82, 2.24) is 0 Å². The molecule has 0 unspecified atom stereocenters. The quantitative estimate of drug-likeness (QED) is 0.932. The Bertz CT molecular complexity index is 776. The van der Waals surface area contributed by atoms with E-state index in [-0.39, 0.29) is 14.9 Å². The molecule has 2 rings (SSSR count). The van der Waals surface area contributed by atoms with Gasteiger partial charge < -0.3 is 0 Å². The normalized spacial score (nSPS) is 11.1. The molecule has 0 aliphatic heterocycles. The van der Waals surface area contributed by atoms with Gasteiger partial charge in [-0.15, -0.1) is 11.3 Å². The van der Waals surface area contributed by atoms with E-state index in [0.29, 0.717) is 5.56 Å². The molecular weight excluding hydrogens is 316 g/mol. The van der Waals surface area contributed by atoms with Gasteiger partial charge in [0.25, 0.3) is 10.0 Å². The molecule has 1 aromatic heterocycles. The minimum Gasteiger partial charge on any atom is -0.277 e. The summed E-state index contributed by atoms with van der Waals surface area (Å²) in [6.45, 7) is 1.96. The fraction of sp³-hybridized carbons (Fsp3) is 0.154. The van der Waals surface area contributed by atoms with Gasteiger partial charge in [0.2, 0.25) is 0 Å². The highest BCUT2D eigenvalue weighted by molar-refractivity contribution is 7.94. The van der Waals surface area contributed by atoms with Crippen LogP contribution in [0.4, 0.5) is 5.69 Å². The zero-order chi connectivity index (χ0) is 14.8. The highest BCUT2D eigenvalue weighted by Gasteiger charge is 2.18. The summed E-state index contributed by atoms with van der Waals surface area (Å²) in [6.07, 6.45) is 0.783. The first kappa shape index (κ1) is 14.9. The summed E-state index contributed by atoms with van der Waals surface area (Å²) in [6, 6.07) is 9.72. The van der Waals surface area contributed by atoms with Crippen molar-refractivity contribution < 1.29 is 8.42 Å². The van der Waals surface area contributed by atoms with Crippen molar-refractivity contribution in [2.75, 3.05) is 4.72 Å². The lowest BCUT2D eigenvalue weighted by Gasteiger charge is -2.08. The van der Waals surface area contributed by atoms with Crippen LogP contribution in [0.2, 0.25) is 5.02 Å². The van der Waals surface area contributed by atoms with E-state index >= 15 is 0 Å². The third kappa shape index (κ3) is 3.12. The lowest BCUT2D eigenvalue weighted by Crippen LogP contribution is -2.11. The van der Waals surface area contributed by atoms with Gasteiger partial charge in [-0.25, -0.2) is 8.42 Å². The molecule has 20 heavy (non-hydrogen) atoms. The van der Waals surface area contributed by atoms with Gasteiger partial charge in [-0.3, -0.25) is 4.72 Å². The Kier molecular flexibility index (Phi) is 4.33. The summed E-state index contributed by atoms with van der Waals surface area (Å²) in [7, 11) is -3.68. The second kappa shape index (κ2) is 5.83. The molecule has 0 atom stereocenters. The third-order valence-electron chi connectivity index (χ3n) is 2.59. The van der Waals surface area contributed by atoms with Gasteiger partial charge in [-0.05, 0) is 36.8 Å². The van der Waals surface area contributed by atoms with E-state index in [4.69, 9.17) is 16.9 Å². The van der Waals surface area contributed by atoms with Crippen molar-refractivity contribution in [3.05, 3.63) is 45.8 Å². The van der Waals surface area contributed by atoms with Crippen LogP contribution >= 0.6 is 22.9 Å². The number of hydrogen-bond donors (Lipinski definition) is 1. The molecule has 0 spiro atoms. The molecular formula is C13H11ClN2O2S2. The molecule has 1 N–H and O–H groups in total. The smallest absolute Gasteiger partial charge is 0.271 e. The molecule has 104 valence electrons. The summed E-state index contributed by atoms with van der Waals surface area (Å²) in [5, 5.41) is 9.09. The Labute approximate surface area is 126 Å². The first-order valence-corrected chi connectivity index (χ1v) is 8.45. The van der Waals surface area contributed by atoms with E-state index in [0.717, 1.165) is 11.3 Å². The molecule has 1 aromatic carbocycles. The van der Waals surface area contributed by atoms with Crippen molar-refractivity contribution in [1.29, 1.82) is 5.26 Å². The second-order valence-corrected chi connectivity index (χ2v) is 7.47. The Balaban J connectivity index is 2.35. The minimum absolute atomic E-state index is 0.206. The standard InChI is InChI=1S/C13H11ClN2O2S2/c1-2-10-4-6-13(19-10)20(17,18)16-12-7-9(8-15)3-5-11(12)14/h3-7,16H,2H2,1H3. The third-order valence-corrected chi connectivity index (χ3v) is 6.01. The molecule has 2 aromatic rings. The lowest BCUT2D eigenvalue weighted by molar-refractivity contribution is 0.603. The highest BCUT2D eigenvalue weighted by atomic mass is 35.5. The maximum Gasteiger partial charge on any atom is 0.271 e. The van der Waals surface area contributed by atoms with Crippen molar-refractivity contribution in [3.63, 3.8) is 0 Å². The SMILES string of the molecule is CCc1ccc(S(=O)(=O)Nc2cc(C#N)ccc2Cl)s1. The second-order valence-electron chi connectivity index (χ2n) is 3.99. The number of halogens is 1. The Morgan fingerprint density at radius 1 is 1.35 bits per heavy atom. The van der Waals surface area contributed by atoms with E-state index in [1.165, 1.54) is 29.5 Å². The van der Waals surface area contributed by atoms with Crippen LogP contribution in [-0.4, -0.2) is 8.42 Å².